The van der Waals surface area contributed by atoms with Gasteiger partial charge in [0.2, 0.25) is 0 Å². The fourth-order valence-corrected chi connectivity index (χ4v) is 1.05. The summed E-state index contributed by atoms with van der Waals surface area (Å²) in [5.74, 6) is 13.7. The predicted molar refractivity (Wildman–Crippen MR) is 74.7 cm³/mol. The highest BCUT2D eigenvalue weighted by atomic mass is 35.5. The van der Waals surface area contributed by atoms with Crippen LogP contribution in [0.2, 0.25) is 5.15 Å². The molecule has 0 aromatic carbocycles. The van der Waals surface area contributed by atoms with E-state index in [1.165, 1.54) is 0 Å². The Morgan fingerprint density at radius 3 is 1.68 bits per heavy atom. The van der Waals surface area contributed by atoms with Gasteiger partial charge in [-0.2, -0.15) is 0 Å². The van der Waals surface area contributed by atoms with E-state index >= 15 is 0 Å². The fraction of sp³-hybridized carbons (Fsp3) is 0.200. The van der Waals surface area contributed by atoms with Crippen LogP contribution in [0.3, 0.4) is 0 Å². The molecule has 2 rings (SSSR count). The summed E-state index contributed by atoms with van der Waals surface area (Å²) < 4.78 is 0. The van der Waals surface area contributed by atoms with Crippen molar-refractivity contribution in [3.63, 3.8) is 0 Å². The molecule has 0 unspecified atom stereocenters. The van der Waals surface area contributed by atoms with E-state index in [9.17, 15) is 0 Å². The molecule has 0 aliphatic heterocycles. The Labute approximate surface area is 116 Å². The average molecular weight is 285 g/mol. The van der Waals surface area contributed by atoms with E-state index in [2.05, 4.69) is 37.0 Å². The maximum Gasteiger partial charge on any atom is 0.161 e. The molecule has 0 radical (unpaired) electrons. The lowest BCUT2D eigenvalue weighted by atomic mass is 10.5. The minimum atomic E-state index is 0.479. The molecule has 0 atom stereocenters. The molecule has 2 aromatic heterocycles. The van der Waals surface area contributed by atoms with Crippen LogP contribution in [0.1, 0.15) is 11.4 Å². The van der Waals surface area contributed by atoms with Crippen molar-refractivity contribution in [2.45, 2.75) is 13.8 Å². The normalized spacial score (nSPS) is 8.53. The smallest absolute Gasteiger partial charge is 0.161 e. The summed E-state index contributed by atoms with van der Waals surface area (Å²) in [6.07, 6.45) is 6.38. The van der Waals surface area contributed by atoms with Crippen molar-refractivity contribution >= 4 is 17.4 Å². The quantitative estimate of drug-likeness (QED) is 0.433. The Hall–Kier alpha value is -1.87. The number of aryl methyl sites for hydroxylation is 2. The first kappa shape index (κ1) is 17.1. The van der Waals surface area contributed by atoms with Gasteiger partial charge in [-0.1, -0.05) is 11.6 Å². The lowest BCUT2D eigenvalue weighted by Gasteiger charge is -1.98. The van der Waals surface area contributed by atoms with E-state index in [0.717, 1.165) is 11.4 Å². The second-order valence-corrected chi connectivity index (χ2v) is 3.43. The number of hydrogen-bond acceptors (Lipinski definition) is 8. The summed E-state index contributed by atoms with van der Waals surface area (Å²) in [6, 6.07) is 0. The maximum absolute atomic E-state index is 5.54. The summed E-state index contributed by atoms with van der Waals surface area (Å²) in [7, 11) is 0. The molecule has 0 amide bonds. The van der Waals surface area contributed by atoms with Crippen molar-refractivity contribution in [1.82, 2.24) is 19.9 Å². The van der Waals surface area contributed by atoms with Gasteiger partial charge in [0.05, 0.1) is 11.4 Å². The molecule has 2 heterocycles. The Morgan fingerprint density at radius 1 is 0.895 bits per heavy atom. The predicted octanol–water partition coefficient (Wildman–Crippen LogP) is 0.328. The second-order valence-electron chi connectivity index (χ2n) is 3.07. The summed E-state index contributed by atoms with van der Waals surface area (Å²) >= 11 is 5.54. The standard InChI is InChI=1S/C5H5ClN2.C5H8N4.H4N2/c1-4-5(6)8-3-2-7-4;1-4-5(9-6)8-3-2-7-4;1-2/h2-3H,1H3;2-3H,6H2,1H3,(H,8,9);1-2H2. The molecule has 7 N–H and O–H groups in total. The Kier molecular flexibility index (Phi) is 9.10. The molecule has 0 saturated carbocycles. The van der Waals surface area contributed by atoms with E-state index in [4.69, 9.17) is 17.4 Å². The average Bonchev–Trinajstić information content (AvgIpc) is 2.46. The van der Waals surface area contributed by atoms with E-state index in [1.807, 2.05) is 13.8 Å². The molecule has 104 valence electrons. The van der Waals surface area contributed by atoms with Crippen LogP contribution in [-0.4, -0.2) is 19.9 Å². The summed E-state index contributed by atoms with van der Waals surface area (Å²) in [5, 5.41) is 0.479. The van der Waals surface area contributed by atoms with Crippen LogP contribution in [0.25, 0.3) is 0 Å². The number of hydrogen-bond donors (Lipinski definition) is 4. The molecule has 2 aromatic rings. The highest BCUT2D eigenvalue weighted by Crippen LogP contribution is 2.04. The third-order valence-electron chi connectivity index (χ3n) is 1.84. The zero-order chi connectivity index (χ0) is 14.7. The highest BCUT2D eigenvalue weighted by molar-refractivity contribution is 6.29. The van der Waals surface area contributed by atoms with E-state index in [1.54, 1.807) is 24.8 Å². The summed E-state index contributed by atoms with van der Waals surface area (Å²) in [4.78, 5) is 15.5. The zero-order valence-electron chi connectivity index (χ0n) is 10.7. The Bertz CT molecular complexity index is 458. The lowest BCUT2D eigenvalue weighted by molar-refractivity contribution is 1.09. The van der Waals surface area contributed by atoms with Gasteiger partial charge in [0.1, 0.15) is 5.15 Å². The van der Waals surface area contributed by atoms with Gasteiger partial charge < -0.3 is 5.43 Å². The van der Waals surface area contributed by atoms with E-state index in [-0.39, 0.29) is 0 Å². The lowest BCUT2D eigenvalue weighted by Crippen LogP contribution is -2.10. The van der Waals surface area contributed by atoms with Gasteiger partial charge in [-0.15, -0.1) is 0 Å². The Balaban J connectivity index is 0.000000303. The van der Waals surface area contributed by atoms with Crippen molar-refractivity contribution < 1.29 is 0 Å². The number of rotatable bonds is 1. The fourth-order valence-electron chi connectivity index (χ4n) is 0.940. The molecule has 9 heteroatoms. The van der Waals surface area contributed by atoms with Crippen LogP contribution in [-0.2, 0) is 0 Å². The molecule has 0 saturated heterocycles. The maximum atomic E-state index is 5.54. The zero-order valence-corrected chi connectivity index (χ0v) is 11.5. The van der Waals surface area contributed by atoms with Gasteiger partial charge >= 0.3 is 0 Å². The second kappa shape index (κ2) is 10.1. The SMILES string of the molecule is Cc1nccnc1Cl.Cc1nccnc1NN.NN. The van der Waals surface area contributed by atoms with Crippen LogP contribution in [0.5, 0.6) is 0 Å². The minimum absolute atomic E-state index is 0.479. The minimum Gasteiger partial charge on any atom is -0.307 e. The third kappa shape index (κ3) is 6.58. The van der Waals surface area contributed by atoms with Crippen molar-refractivity contribution in [2.75, 3.05) is 5.43 Å². The van der Waals surface area contributed by atoms with Crippen LogP contribution in [0.4, 0.5) is 5.82 Å². The molecule has 0 fully saturated rings. The van der Waals surface area contributed by atoms with Gasteiger partial charge in [-0.3, -0.25) is 21.7 Å². The van der Waals surface area contributed by atoms with Gasteiger partial charge in [0.25, 0.3) is 0 Å². The molecule has 0 spiro atoms. The van der Waals surface area contributed by atoms with Crippen molar-refractivity contribution in [2.24, 2.45) is 17.5 Å². The summed E-state index contributed by atoms with van der Waals surface area (Å²) in [5.41, 5.74) is 4.00. The number of hydrazine groups is 2. The van der Waals surface area contributed by atoms with E-state index < -0.39 is 0 Å². The van der Waals surface area contributed by atoms with Crippen LogP contribution >= 0.6 is 11.6 Å². The number of nitrogen functional groups attached to an aromatic ring is 1. The number of nitrogens with one attached hydrogen (secondary N) is 1. The highest BCUT2D eigenvalue weighted by Gasteiger charge is 1.92. The number of nitrogens with two attached hydrogens (primary N) is 3. The van der Waals surface area contributed by atoms with E-state index in [0.29, 0.717) is 11.0 Å². The largest absolute Gasteiger partial charge is 0.307 e. The van der Waals surface area contributed by atoms with Gasteiger partial charge in [0, 0.05) is 24.8 Å². The number of halogens is 1. The van der Waals surface area contributed by atoms with Gasteiger partial charge in [-0.25, -0.2) is 15.8 Å². The first-order valence-corrected chi connectivity index (χ1v) is 5.53. The molecule has 0 aliphatic carbocycles. The molecule has 8 nitrogen and oxygen atoms in total. The molecular formula is C10H17ClN8. The Morgan fingerprint density at radius 2 is 1.37 bits per heavy atom. The first-order chi connectivity index (χ1) is 9.15. The third-order valence-corrected chi connectivity index (χ3v) is 2.21. The van der Waals surface area contributed by atoms with Crippen LogP contribution in [0.15, 0.2) is 24.8 Å². The molecule has 0 aliphatic rings. The molecular weight excluding hydrogens is 268 g/mol. The molecule has 0 bridgehead atoms. The van der Waals surface area contributed by atoms with Crippen molar-refractivity contribution in [1.29, 1.82) is 0 Å². The molecule has 19 heavy (non-hydrogen) atoms. The van der Waals surface area contributed by atoms with Crippen molar-refractivity contribution in [3.05, 3.63) is 41.3 Å². The van der Waals surface area contributed by atoms with Gasteiger partial charge in [0.15, 0.2) is 5.82 Å². The number of anilines is 1. The topological polar surface area (TPSA) is 142 Å². The van der Waals surface area contributed by atoms with Gasteiger partial charge in [-0.05, 0) is 13.8 Å². The number of aromatic nitrogens is 4. The van der Waals surface area contributed by atoms with Crippen LogP contribution < -0.4 is 23.0 Å². The first-order valence-electron chi connectivity index (χ1n) is 5.15. The summed E-state index contributed by atoms with van der Waals surface area (Å²) in [6.45, 7) is 3.65. The number of nitrogens with zero attached hydrogens (tertiary/aromatic N) is 4. The monoisotopic (exact) mass is 284 g/mol. The van der Waals surface area contributed by atoms with Crippen LogP contribution in [0, 0.1) is 13.8 Å². The van der Waals surface area contributed by atoms with Crippen molar-refractivity contribution in [3.8, 4) is 0 Å².